The lowest BCUT2D eigenvalue weighted by molar-refractivity contribution is -0.154. The van der Waals surface area contributed by atoms with Crippen molar-refractivity contribution in [3.8, 4) is 11.8 Å². The summed E-state index contributed by atoms with van der Waals surface area (Å²) in [5.41, 5.74) is 0.283. The molecule has 4 aliphatic carbocycles. The number of imide groups is 1. The zero-order valence-corrected chi connectivity index (χ0v) is 17.6. The highest BCUT2D eigenvalue weighted by Gasteiger charge is 2.51. The third-order valence-electron chi connectivity index (χ3n) is 6.64. The van der Waals surface area contributed by atoms with Crippen molar-refractivity contribution in [2.75, 3.05) is 6.61 Å². The van der Waals surface area contributed by atoms with Gasteiger partial charge in [0.25, 0.3) is 5.91 Å². The molecule has 0 aromatic heterocycles. The predicted octanol–water partition coefficient (Wildman–Crippen LogP) is 2.66. The van der Waals surface area contributed by atoms with Crippen LogP contribution in [0.2, 0.25) is 0 Å². The van der Waals surface area contributed by atoms with Gasteiger partial charge in [-0.1, -0.05) is 0 Å². The van der Waals surface area contributed by atoms with Gasteiger partial charge in [0, 0.05) is 5.54 Å². The van der Waals surface area contributed by atoms with Crippen LogP contribution < -0.4 is 15.4 Å². The Bertz CT molecular complexity index is 869. The van der Waals surface area contributed by atoms with Crippen LogP contribution in [0.5, 0.6) is 5.75 Å². The van der Waals surface area contributed by atoms with Crippen LogP contribution in [0.3, 0.4) is 0 Å². The van der Waals surface area contributed by atoms with Gasteiger partial charge in [-0.15, -0.1) is 0 Å². The quantitative estimate of drug-likeness (QED) is 0.677. The maximum atomic E-state index is 12.4. The number of ether oxygens (including phenoxy) is 2. The minimum Gasteiger partial charge on any atom is -0.479 e. The van der Waals surface area contributed by atoms with Gasteiger partial charge in [-0.05, 0) is 87.5 Å². The van der Waals surface area contributed by atoms with E-state index in [1.807, 2.05) is 6.07 Å². The van der Waals surface area contributed by atoms with E-state index >= 15 is 0 Å². The third-order valence-corrected chi connectivity index (χ3v) is 6.64. The number of rotatable bonds is 6. The molecule has 0 radical (unpaired) electrons. The first kappa shape index (κ1) is 21.2. The van der Waals surface area contributed by atoms with Crippen molar-refractivity contribution in [3.63, 3.8) is 0 Å². The van der Waals surface area contributed by atoms with Crippen molar-refractivity contribution in [3.05, 3.63) is 29.8 Å². The maximum absolute atomic E-state index is 12.4. The van der Waals surface area contributed by atoms with E-state index in [0.29, 0.717) is 29.1 Å². The molecule has 4 aliphatic rings. The number of carbonyl (C=O) groups excluding carboxylic acids is 3. The zero-order chi connectivity index (χ0) is 22.0. The first-order valence-electron chi connectivity index (χ1n) is 10.8. The summed E-state index contributed by atoms with van der Waals surface area (Å²) in [5, 5.41) is 14.1. The Kier molecular flexibility index (Phi) is 5.86. The second kappa shape index (κ2) is 8.58. The van der Waals surface area contributed by atoms with E-state index < -0.39 is 30.6 Å². The molecule has 0 unspecified atom stereocenters. The molecule has 2 N–H and O–H groups in total. The van der Waals surface area contributed by atoms with Gasteiger partial charge in [-0.3, -0.25) is 10.1 Å². The number of carbonyl (C=O) groups is 3. The van der Waals surface area contributed by atoms with Crippen LogP contribution in [0.1, 0.15) is 51.0 Å². The van der Waals surface area contributed by atoms with Crippen LogP contribution in [0.25, 0.3) is 0 Å². The molecule has 0 saturated heterocycles. The highest BCUT2D eigenvalue weighted by Crippen LogP contribution is 2.55. The van der Waals surface area contributed by atoms with E-state index in [0.717, 1.165) is 19.3 Å². The summed E-state index contributed by atoms with van der Waals surface area (Å²) in [5.74, 6) is 1.05. The third kappa shape index (κ3) is 4.98. The Hall–Kier alpha value is -3.08. The van der Waals surface area contributed by atoms with Crippen molar-refractivity contribution in [2.45, 2.75) is 57.1 Å². The Morgan fingerprint density at radius 1 is 1.10 bits per heavy atom. The molecule has 3 amide bonds. The van der Waals surface area contributed by atoms with Gasteiger partial charge in [-0.25, -0.2) is 9.59 Å². The molecule has 164 valence electrons. The van der Waals surface area contributed by atoms with Gasteiger partial charge in [0.05, 0.1) is 11.6 Å². The molecule has 1 aromatic rings. The topological polar surface area (TPSA) is 118 Å². The van der Waals surface area contributed by atoms with Gasteiger partial charge >= 0.3 is 12.0 Å². The molecule has 1 aromatic carbocycles. The van der Waals surface area contributed by atoms with Crippen molar-refractivity contribution in [1.82, 2.24) is 10.6 Å². The summed E-state index contributed by atoms with van der Waals surface area (Å²) in [6.45, 7) is 0.937. The number of nitrogens with zero attached hydrogens (tertiary/aromatic N) is 1. The van der Waals surface area contributed by atoms with Crippen molar-refractivity contribution in [1.29, 1.82) is 5.26 Å². The standard InChI is InChI=1S/C23H27N3O5/c1-14(31-19-4-2-15(12-24)3-5-19)21(28)30-13-20(27)25-22(29)26-23-9-16-6-17(10-23)8-18(7-16)11-23/h2-5,14,16-18H,6-11,13H2,1H3,(H2,25,26,27,29)/t14-,16?,17?,18?,23?/m1/s1. The normalized spacial score (nSPS) is 28.8. The first-order chi connectivity index (χ1) is 14.8. The molecule has 8 nitrogen and oxygen atoms in total. The second-order valence-electron chi connectivity index (χ2n) is 9.20. The molecule has 31 heavy (non-hydrogen) atoms. The monoisotopic (exact) mass is 425 g/mol. The fourth-order valence-electron chi connectivity index (χ4n) is 5.81. The summed E-state index contributed by atoms with van der Waals surface area (Å²) in [6.07, 6.45) is 5.81. The highest BCUT2D eigenvalue weighted by atomic mass is 16.6. The van der Waals surface area contributed by atoms with Crippen molar-refractivity contribution < 1.29 is 23.9 Å². The maximum Gasteiger partial charge on any atom is 0.347 e. The lowest BCUT2D eigenvalue weighted by Gasteiger charge is -2.56. The number of amides is 3. The molecule has 5 rings (SSSR count). The van der Waals surface area contributed by atoms with Crippen LogP contribution in [0, 0.1) is 29.1 Å². The van der Waals surface area contributed by atoms with Gasteiger partial charge in [-0.2, -0.15) is 5.26 Å². The van der Waals surface area contributed by atoms with Crippen LogP contribution in [0.4, 0.5) is 4.79 Å². The number of esters is 1. The molecular formula is C23H27N3O5. The largest absolute Gasteiger partial charge is 0.479 e. The lowest BCUT2D eigenvalue weighted by atomic mass is 9.53. The molecule has 0 heterocycles. The fourth-order valence-corrected chi connectivity index (χ4v) is 5.81. The average molecular weight is 425 g/mol. The number of urea groups is 1. The van der Waals surface area contributed by atoms with Gasteiger partial charge in [0.15, 0.2) is 12.7 Å². The SMILES string of the molecule is C[C@@H](Oc1ccc(C#N)cc1)C(=O)OCC(=O)NC(=O)NC12CC3CC(CC(C3)C1)C2. The first-order valence-corrected chi connectivity index (χ1v) is 10.8. The smallest absolute Gasteiger partial charge is 0.347 e. The van der Waals surface area contributed by atoms with E-state index in [-0.39, 0.29) is 5.54 Å². The summed E-state index contributed by atoms with van der Waals surface area (Å²) >= 11 is 0. The molecule has 0 spiro atoms. The van der Waals surface area contributed by atoms with E-state index in [9.17, 15) is 14.4 Å². The molecule has 4 saturated carbocycles. The zero-order valence-electron chi connectivity index (χ0n) is 17.6. The Morgan fingerprint density at radius 3 is 2.23 bits per heavy atom. The molecule has 1 atom stereocenters. The van der Waals surface area contributed by atoms with Gasteiger partial charge < -0.3 is 14.8 Å². The number of hydrogen-bond acceptors (Lipinski definition) is 6. The summed E-state index contributed by atoms with van der Waals surface area (Å²) in [4.78, 5) is 36.5. The Labute approximate surface area is 181 Å². The predicted molar refractivity (Wildman–Crippen MR) is 110 cm³/mol. The molecule has 8 heteroatoms. The summed E-state index contributed by atoms with van der Waals surface area (Å²) in [7, 11) is 0. The van der Waals surface area contributed by atoms with E-state index in [2.05, 4.69) is 10.6 Å². The van der Waals surface area contributed by atoms with Crippen LogP contribution >= 0.6 is 0 Å². The highest BCUT2D eigenvalue weighted by molar-refractivity contribution is 5.96. The molecule has 0 aliphatic heterocycles. The van der Waals surface area contributed by atoms with Crippen LogP contribution in [0.15, 0.2) is 24.3 Å². The lowest BCUT2D eigenvalue weighted by Crippen LogP contribution is -2.62. The Morgan fingerprint density at radius 2 is 1.68 bits per heavy atom. The van der Waals surface area contributed by atoms with E-state index in [1.54, 1.807) is 24.3 Å². The van der Waals surface area contributed by atoms with Crippen molar-refractivity contribution in [2.24, 2.45) is 17.8 Å². The second-order valence-corrected chi connectivity index (χ2v) is 9.20. The van der Waals surface area contributed by atoms with Gasteiger partial charge in [0.2, 0.25) is 0 Å². The minimum atomic E-state index is -0.943. The van der Waals surface area contributed by atoms with E-state index in [1.165, 1.54) is 26.2 Å². The van der Waals surface area contributed by atoms with Gasteiger partial charge in [0.1, 0.15) is 5.75 Å². The number of benzene rings is 1. The molecule has 4 fully saturated rings. The summed E-state index contributed by atoms with van der Waals surface area (Å²) < 4.78 is 10.4. The number of nitriles is 1. The molecular weight excluding hydrogens is 398 g/mol. The number of hydrogen-bond donors (Lipinski definition) is 2. The number of nitrogens with one attached hydrogen (secondary N) is 2. The van der Waals surface area contributed by atoms with Crippen LogP contribution in [-0.2, 0) is 14.3 Å². The minimum absolute atomic E-state index is 0.195. The fraction of sp³-hybridized carbons (Fsp3) is 0.565. The molecule has 4 bridgehead atoms. The Balaban J connectivity index is 1.20. The van der Waals surface area contributed by atoms with Crippen molar-refractivity contribution >= 4 is 17.9 Å². The summed E-state index contributed by atoms with van der Waals surface area (Å²) in [6, 6.07) is 7.76. The van der Waals surface area contributed by atoms with E-state index in [4.69, 9.17) is 14.7 Å². The average Bonchev–Trinajstić information content (AvgIpc) is 2.71. The van der Waals surface area contributed by atoms with Crippen LogP contribution in [-0.4, -0.2) is 36.2 Å².